The molecule has 258 valence electrons. The maximum Gasteiger partial charge on any atom is 0.0468 e. The average molecular weight is 693 g/mol. The van der Waals surface area contributed by atoms with Crippen molar-refractivity contribution >= 4 is 55.7 Å². The van der Waals surface area contributed by atoms with Gasteiger partial charge in [0.15, 0.2) is 0 Å². The second kappa shape index (κ2) is 14.3. The Bertz CT molecular complexity index is 2420. The third-order valence-corrected chi connectivity index (χ3v) is 10.3. The van der Waals surface area contributed by atoms with Crippen LogP contribution in [0.1, 0.15) is 11.1 Å². The zero-order valence-electron chi connectivity index (χ0n) is 30.5. The van der Waals surface area contributed by atoms with E-state index in [0.29, 0.717) is 0 Å². The molecule has 0 amide bonds. The van der Waals surface area contributed by atoms with E-state index in [9.17, 15) is 0 Å². The molecule has 9 aromatic carbocycles. The first kappa shape index (κ1) is 33.0. The predicted molar refractivity (Wildman–Crippen MR) is 231 cm³/mol. The molecule has 0 atom stereocenters. The molecule has 2 nitrogen and oxygen atoms in total. The summed E-state index contributed by atoms with van der Waals surface area (Å²) >= 11 is 0. The average Bonchev–Trinajstić information content (AvgIpc) is 3.23. The van der Waals surface area contributed by atoms with Crippen LogP contribution in [0.5, 0.6) is 0 Å². The van der Waals surface area contributed by atoms with Gasteiger partial charge in [-0.2, -0.15) is 0 Å². The summed E-state index contributed by atoms with van der Waals surface area (Å²) in [5.74, 6) is 0. The van der Waals surface area contributed by atoms with E-state index in [1.165, 1.54) is 54.9 Å². The Morgan fingerprint density at radius 1 is 0.259 bits per heavy atom. The number of rotatable bonds is 8. The minimum atomic E-state index is 1.11. The lowest BCUT2D eigenvalue weighted by Crippen LogP contribution is -2.10. The Morgan fingerprint density at radius 3 is 0.852 bits per heavy atom. The predicted octanol–water partition coefficient (Wildman–Crippen LogP) is 14.9. The van der Waals surface area contributed by atoms with Crippen LogP contribution >= 0.6 is 0 Å². The molecule has 0 N–H and O–H groups in total. The largest absolute Gasteiger partial charge is 0.310 e. The number of hydrogen-bond acceptors (Lipinski definition) is 2. The molecule has 0 aliphatic rings. The summed E-state index contributed by atoms with van der Waals surface area (Å²) in [5, 5.41) is 4.86. The van der Waals surface area contributed by atoms with Crippen LogP contribution in [0.15, 0.2) is 206 Å². The minimum Gasteiger partial charge on any atom is -0.310 e. The number of benzene rings is 9. The summed E-state index contributed by atoms with van der Waals surface area (Å²) in [7, 11) is 0. The summed E-state index contributed by atoms with van der Waals surface area (Å²) in [6.45, 7) is 4.31. The van der Waals surface area contributed by atoms with Crippen LogP contribution in [0.4, 0.5) is 34.1 Å². The molecule has 0 bridgehead atoms. The normalized spacial score (nSPS) is 11.1. The lowest BCUT2D eigenvalue weighted by atomic mass is 9.85. The van der Waals surface area contributed by atoms with Crippen LogP contribution in [0.2, 0.25) is 0 Å². The van der Waals surface area contributed by atoms with Gasteiger partial charge in [-0.3, -0.25) is 0 Å². The molecule has 9 rings (SSSR count). The SMILES string of the molecule is Cc1ccc(-c2c3ccc(N(c4ccccc4)c4ccccc4)cc3c(-c3ccc(C)cc3)c3ccc(N(c4ccccc4)c4ccccc4)cc23)cc1. The molecule has 0 heterocycles. The van der Waals surface area contributed by atoms with Crippen LogP contribution in [0.3, 0.4) is 0 Å². The van der Waals surface area contributed by atoms with Crippen LogP contribution in [0.25, 0.3) is 43.8 Å². The molecular weight excluding hydrogens is 653 g/mol. The summed E-state index contributed by atoms with van der Waals surface area (Å²) in [5.41, 5.74) is 14.0. The zero-order chi connectivity index (χ0) is 36.4. The molecule has 9 aromatic rings. The van der Waals surface area contributed by atoms with Gasteiger partial charge < -0.3 is 9.80 Å². The number of nitrogens with zero attached hydrogens (tertiary/aromatic N) is 2. The van der Waals surface area contributed by atoms with Crippen molar-refractivity contribution in [3.8, 4) is 22.3 Å². The standard InChI is InChI=1S/C52H40N2/c1-37-23-27-39(28-24-37)51-47-33-31-46(54(43-19-11-5-12-20-43)44-21-13-6-14-22-44)36-50(47)52(40-29-25-38(2)26-30-40)48-34-32-45(35-49(48)51)53(41-15-7-3-8-16-41)42-17-9-4-10-18-42/h3-36H,1-2H3. The highest BCUT2D eigenvalue weighted by atomic mass is 15.1. The molecule has 0 fully saturated rings. The maximum atomic E-state index is 2.40. The lowest BCUT2D eigenvalue weighted by Gasteiger charge is -2.28. The molecule has 0 unspecified atom stereocenters. The van der Waals surface area contributed by atoms with Gasteiger partial charge in [0.25, 0.3) is 0 Å². The second-order valence-corrected chi connectivity index (χ2v) is 14.0. The molecule has 0 saturated heterocycles. The van der Waals surface area contributed by atoms with Gasteiger partial charge in [-0.05, 0) is 130 Å². The van der Waals surface area contributed by atoms with Crippen molar-refractivity contribution in [2.24, 2.45) is 0 Å². The van der Waals surface area contributed by atoms with Crippen LogP contribution < -0.4 is 9.80 Å². The molecule has 0 spiro atoms. The van der Waals surface area contributed by atoms with E-state index in [0.717, 1.165) is 34.1 Å². The van der Waals surface area contributed by atoms with Crippen molar-refractivity contribution < 1.29 is 0 Å². The van der Waals surface area contributed by atoms with Gasteiger partial charge >= 0.3 is 0 Å². The van der Waals surface area contributed by atoms with E-state index in [4.69, 9.17) is 0 Å². The van der Waals surface area contributed by atoms with Gasteiger partial charge in [-0.15, -0.1) is 0 Å². The molecule has 0 aliphatic carbocycles. The smallest absolute Gasteiger partial charge is 0.0468 e. The summed E-state index contributed by atoms with van der Waals surface area (Å²) in [4.78, 5) is 4.71. The van der Waals surface area contributed by atoms with Crippen LogP contribution in [-0.4, -0.2) is 0 Å². The third kappa shape index (κ3) is 6.18. The highest BCUT2D eigenvalue weighted by molar-refractivity contribution is 6.22. The van der Waals surface area contributed by atoms with Gasteiger partial charge in [0.2, 0.25) is 0 Å². The number of anilines is 6. The number of fused-ring (bicyclic) bond motifs is 2. The van der Waals surface area contributed by atoms with E-state index in [1.807, 2.05) is 0 Å². The highest BCUT2D eigenvalue weighted by Crippen LogP contribution is 2.48. The van der Waals surface area contributed by atoms with Crippen LogP contribution in [-0.2, 0) is 0 Å². The van der Waals surface area contributed by atoms with E-state index in [2.05, 4.69) is 230 Å². The third-order valence-electron chi connectivity index (χ3n) is 10.3. The first-order valence-corrected chi connectivity index (χ1v) is 18.6. The summed E-state index contributed by atoms with van der Waals surface area (Å²) in [6.07, 6.45) is 0. The summed E-state index contributed by atoms with van der Waals surface area (Å²) in [6, 6.07) is 74.7. The Hall–Kier alpha value is -6.90. The monoisotopic (exact) mass is 692 g/mol. The van der Waals surface area contributed by atoms with E-state index in [1.54, 1.807) is 0 Å². The maximum absolute atomic E-state index is 2.40. The van der Waals surface area contributed by atoms with Gasteiger partial charge in [-0.25, -0.2) is 0 Å². The molecular formula is C52H40N2. The van der Waals surface area contributed by atoms with Crippen molar-refractivity contribution in [3.63, 3.8) is 0 Å². The molecule has 54 heavy (non-hydrogen) atoms. The minimum absolute atomic E-state index is 1.11. The first-order chi connectivity index (χ1) is 26.6. The molecule has 0 aliphatic heterocycles. The van der Waals surface area contributed by atoms with Gasteiger partial charge in [0, 0.05) is 34.1 Å². The zero-order valence-corrected chi connectivity index (χ0v) is 30.5. The lowest BCUT2D eigenvalue weighted by molar-refractivity contribution is 1.29. The van der Waals surface area contributed by atoms with E-state index < -0.39 is 0 Å². The Labute approximate surface area is 317 Å². The number of aryl methyl sites for hydroxylation is 2. The van der Waals surface area contributed by atoms with Crippen molar-refractivity contribution in [1.29, 1.82) is 0 Å². The van der Waals surface area contributed by atoms with E-state index >= 15 is 0 Å². The van der Waals surface area contributed by atoms with Crippen molar-refractivity contribution in [2.75, 3.05) is 9.80 Å². The number of hydrogen-bond donors (Lipinski definition) is 0. The molecule has 0 aromatic heterocycles. The Morgan fingerprint density at radius 2 is 0.556 bits per heavy atom. The number of para-hydroxylation sites is 4. The fourth-order valence-corrected chi connectivity index (χ4v) is 7.75. The fraction of sp³-hybridized carbons (Fsp3) is 0.0385. The van der Waals surface area contributed by atoms with Crippen molar-refractivity contribution in [3.05, 3.63) is 217 Å². The van der Waals surface area contributed by atoms with Gasteiger partial charge in [0.05, 0.1) is 0 Å². The molecule has 0 saturated carbocycles. The topological polar surface area (TPSA) is 6.48 Å². The molecule has 0 radical (unpaired) electrons. The highest BCUT2D eigenvalue weighted by Gasteiger charge is 2.22. The second-order valence-electron chi connectivity index (χ2n) is 14.0. The van der Waals surface area contributed by atoms with Crippen LogP contribution in [0, 0.1) is 13.8 Å². The van der Waals surface area contributed by atoms with Crippen molar-refractivity contribution in [2.45, 2.75) is 13.8 Å². The quantitative estimate of drug-likeness (QED) is 0.146. The molecule has 2 heteroatoms. The van der Waals surface area contributed by atoms with Gasteiger partial charge in [-0.1, -0.05) is 145 Å². The Balaban J connectivity index is 1.38. The Kier molecular flexibility index (Phi) is 8.70. The summed E-state index contributed by atoms with van der Waals surface area (Å²) < 4.78 is 0. The first-order valence-electron chi connectivity index (χ1n) is 18.6. The fourth-order valence-electron chi connectivity index (χ4n) is 7.75. The van der Waals surface area contributed by atoms with E-state index in [-0.39, 0.29) is 0 Å². The van der Waals surface area contributed by atoms with Crippen molar-refractivity contribution in [1.82, 2.24) is 0 Å². The van der Waals surface area contributed by atoms with Gasteiger partial charge in [0.1, 0.15) is 0 Å².